The summed E-state index contributed by atoms with van der Waals surface area (Å²) in [7, 11) is 0. The number of esters is 4. The van der Waals surface area contributed by atoms with Crippen molar-refractivity contribution in [3.8, 4) is 0 Å². The number of carbonyl (C=O) groups is 4. The Morgan fingerprint density at radius 1 is 0.697 bits per heavy atom. The third-order valence-electron chi connectivity index (χ3n) is 4.61. The van der Waals surface area contributed by atoms with Crippen LogP contribution in [0.3, 0.4) is 0 Å². The van der Waals surface area contributed by atoms with Gasteiger partial charge in [-0.2, -0.15) is 0 Å². The monoisotopic (exact) mass is 474 g/mol. The van der Waals surface area contributed by atoms with Gasteiger partial charge >= 0.3 is 23.9 Å². The lowest BCUT2D eigenvalue weighted by Crippen LogP contribution is -2.63. The molecule has 0 aliphatic carbocycles. The van der Waals surface area contributed by atoms with E-state index in [-0.39, 0.29) is 0 Å². The summed E-state index contributed by atoms with van der Waals surface area (Å²) >= 11 is 0. The number of ether oxygens (including phenoxy) is 5. The van der Waals surface area contributed by atoms with Crippen molar-refractivity contribution in [2.75, 3.05) is 6.61 Å². The van der Waals surface area contributed by atoms with Crippen molar-refractivity contribution in [1.29, 1.82) is 0 Å². The molecule has 1 rings (SSSR count). The fraction of sp³-hybridized carbons (Fsp3) is 0.826. The van der Waals surface area contributed by atoms with Gasteiger partial charge in [0.2, 0.25) is 0 Å². The molecule has 1 heterocycles. The van der Waals surface area contributed by atoms with E-state index in [9.17, 15) is 24.3 Å². The van der Waals surface area contributed by atoms with Gasteiger partial charge in [0.15, 0.2) is 24.6 Å². The number of aliphatic hydroxyl groups is 1. The molecule has 0 aromatic rings. The summed E-state index contributed by atoms with van der Waals surface area (Å²) in [6.45, 7) is 15.4. The van der Waals surface area contributed by atoms with Crippen LogP contribution in [-0.2, 0) is 42.9 Å². The van der Waals surface area contributed by atoms with Gasteiger partial charge in [-0.25, -0.2) is 0 Å². The molecular formula is C23H38O10. The van der Waals surface area contributed by atoms with E-state index >= 15 is 0 Å². The summed E-state index contributed by atoms with van der Waals surface area (Å²) in [6, 6.07) is 0. The first-order valence-electron chi connectivity index (χ1n) is 10.8. The Labute approximate surface area is 195 Å². The topological polar surface area (TPSA) is 135 Å². The van der Waals surface area contributed by atoms with Crippen LogP contribution in [0.25, 0.3) is 0 Å². The Balaban J connectivity index is 3.39. The Morgan fingerprint density at radius 2 is 1.12 bits per heavy atom. The minimum absolute atomic E-state index is 0.397. The molecule has 0 saturated carbocycles. The van der Waals surface area contributed by atoms with E-state index in [1.165, 1.54) is 0 Å². The molecule has 1 N–H and O–H groups in total. The number of aliphatic hydroxyl groups excluding tert-OH is 1. The van der Waals surface area contributed by atoms with Gasteiger partial charge in [0.25, 0.3) is 0 Å². The summed E-state index contributed by atoms with van der Waals surface area (Å²) in [5.41, 5.74) is -2.70. The standard InChI is InChI=1S/C23H38O10/c1-12(24)30-16-15(33-20(28)23(8,9)10)14(32-19(27)22(5,6)7)13(31-17(16)25)11-29-18(26)21(2,3)4/h13-17,25H,11H2,1-10H3/t13-,14-,15+,16-,17-/m1/s1. The summed E-state index contributed by atoms with van der Waals surface area (Å²) in [6.07, 6.45) is -7.13. The number of rotatable bonds is 5. The summed E-state index contributed by atoms with van der Waals surface area (Å²) in [4.78, 5) is 49.4. The molecule has 0 aromatic carbocycles. The molecule has 1 fully saturated rings. The van der Waals surface area contributed by atoms with Gasteiger partial charge in [0.05, 0.1) is 16.2 Å². The van der Waals surface area contributed by atoms with Gasteiger partial charge < -0.3 is 28.8 Å². The van der Waals surface area contributed by atoms with Crippen LogP contribution in [0.1, 0.15) is 69.2 Å². The summed E-state index contributed by atoms with van der Waals surface area (Å²) < 4.78 is 27.2. The third kappa shape index (κ3) is 8.26. The van der Waals surface area contributed by atoms with E-state index in [1.54, 1.807) is 62.3 Å². The highest BCUT2D eigenvalue weighted by Gasteiger charge is 2.53. The lowest BCUT2D eigenvalue weighted by atomic mass is 9.93. The molecular weight excluding hydrogens is 436 g/mol. The predicted molar refractivity (Wildman–Crippen MR) is 116 cm³/mol. The zero-order valence-electron chi connectivity index (χ0n) is 21.2. The zero-order valence-corrected chi connectivity index (χ0v) is 21.2. The maximum absolute atomic E-state index is 12.7. The molecule has 0 aromatic heterocycles. The zero-order chi connectivity index (χ0) is 25.9. The van der Waals surface area contributed by atoms with Gasteiger partial charge in [0, 0.05) is 6.92 Å². The van der Waals surface area contributed by atoms with Gasteiger partial charge in [-0.1, -0.05) is 0 Å². The molecule has 33 heavy (non-hydrogen) atoms. The maximum Gasteiger partial charge on any atom is 0.311 e. The van der Waals surface area contributed by atoms with Crippen LogP contribution in [0.2, 0.25) is 0 Å². The molecule has 10 nitrogen and oxygen atoms in total. The van der Waals surface area contributed by atoms with E-state index in [4.69, 9.17) is 23.7 Å². The number of hydrogen-bond acceptors (Lipinski definition) is 10. The van der Waals surface area contributed by atoms with Crippen molar-refractivity contribution in [3.63, 3.8) is 0 Å². The second-order valence-electron chi connectivity index (χ2n) is 11.2. The highest BCUT2D eigenvalue weighted by Crippen LogP contribution is 2.32. The molecule has 1 aliphatic heterocycles. The first-order valence-corrected chi connectivity index (χ1v) is 10.8. The molecule has 0 radical (unpaired) electrons. The van der Waals surface area contributed by atoms with Crippen molar-refractivity contribution in [2.24, 2.45) is 16.2 Å². The predicted octanol–water partition coefficient (Wildman–Crippen LogP) is 2.14. The molecule has 5 atom stereocenters. The molecule has 10 heteroatoms. The second-order valence-corrected chi connectivity index (χ2v) is 11.2. The molecule has 0 unspecified atom stereocenters. The van der Waals surface area contributed by atoms with Gasteiger partial charge in [-0.05, 0) is 62.3 Å². The third-order valence-corrected chi connectivity index (χ3v) is 4.61. The number of carbonyl (C=O) groups excluding carboxylic acids is 4. The maximum atomic E-state index is 12.7. The second kappa shape index (κ2) is 10.4. The van der Waals surface area contributed by atoms with Gasteiger partial charge in [0.1, 0.15) is 12.7 Å². The normalized spacial score (nSPS) is 26.2. The van der Waals surface area contributed by atoms with E-state index in [0.29, 0.717) is 0 Å². The van der Waals surface area contributed by atoms with Crippen LogP contribution in [0.4, 0.5) is 0 Å². The van der Waals surface area contributed by atoms with Crippen molar-refractivity contribution < 1.29 is 48.0 Å². The lowest BCUT2D eigenvalue weighted by Gasteiger charge is -2.44. The molecule has 0 amide bonds. The summed E-state index contributed by atoms with van der Waals surface area (Å²) in [5.74, 6) is -2.65. The minimum Gasteiger partial charge on any atom is -0.462 e. The fourth-order valence-corrected chi connectivity index (χ4v) is 2.60. The quantitative estimate of drug-likeness (QED) is 0.466. The Kier molecular flexibility index (Phi) is 9.07. The van der Waals surface area contributed by atoms with Crippen LogP contribution in [0.15, 0.2) is 0 Å². The van der Waals surface area contributed by atoms with Crippen LogP contribution in [0.5, 0.6) is 0 Å². The molecule has 190 valence electrons. The van der Waals surface area contributed by atoms with E-state index in [0.717, 1.165) is 6.92 Å². The van der Waals surface area contributed by atoms with Crippen molar-refractivity contribution in [2.45, 2.75) is 99.9 Å². The van der Waals surface area contributed by atoms with Crippen molar-refractivity contribution in [3.05, 3.63) is 0 Å². The average molecular weight is 475 g/mol. The van der Waals surface area contributed by atoms with Crippen LogP contribution >= 0.6 is 0 Å². The first kappa shape index (κ1) is 28.8. The lowest BCUT2D eigenvalue weighted by molar-refractivity contribution is -0.299. The number of hydrogen-bond donors (Lipinski definition) is 1. The molecule has 0 spiro atoms. The van der Waals surface area contributed by atoms with Crippen LogP contribution in [0, 0.1) is 16.2 Å². The largest absolute Gasteiger partial charge is 0.462 e. The highest BCUT2D eigenvalue weighted by molar-refractivity contribution is 5.77. The van der Waals surface area contributed by atoms with Crippen molar-refractivity contribution >= 4 is 23.9 Å². The van der Waals surface area contributed by atoms with Crippen molar-refractivity contribution in [1.82, 2.24) is 0 Å². The molecule has 1 aliphatic rings. The highest BCUT2D eigenvalue weighted by atomic mass is 16.7. The SMILES string of the molecule is CC(=O)O[C@@H]1[C@@H](OC(=O)C(C)(C)C)[C@H](OC(=O)C(C)(C)C)[C@@H](COC(=O)C(C)(C)C)O[C@H]1O. The Bertz CT molecular complexity index is 738. The molecule has 0 bridgehead atoms. The smallest absolute Gasteiger partial charge is 0.311 e. The minimum atomic E-state index is -1.73. The van der Waals surface area contributed by atoms with E-state index in [2.05, 4.69) is 0 Å². The van der Waals surface area contributed by atoms with E-state index in [1.807, 2.05) is 0 Å². The van der Waals surface area contributed by atoms with Gasteiger partial charge in [-0.3, -0.25) is 19.2 Å². The molecule has 1 saturated heterocycles. The fourth-order valence-electron chi connectivity index (χ4n) is 2.60. The van der Waals surface area contributed by atoms with Crippen LogP contribution in [-0.4, -0.2) is 66.3 Å². The Hall–Kier alpha value is -2.20. The summed E-state index contributed by atoms with van der Waals surface area (Å²) in [5, 5.41) is 10.5. The van der Waals surface area contributed by atoms with Crippen LogP contribution < -0.4 is 0 Å². The van der Waals surface area contributed by atoms with Gasteiger partial charge in [-0.15, -0.1) is 0 Å². The van der Waals surface area contributed by atoms with E-state index < -0.39 is 77.4 Å². The Morgan fingerprint density at radius 3 is 1.52 bits per heavy atom. The first-order chi connectivity index (χ1) is 14.7. The average Bonchev–Trinajstić information content (AvgIpc) is 2.61.